The van der Waals surface area contributed by atoms with E-state index in [9.17, 15) is 0 Å². The molecule has 2 aliphatic heterocycles. The smallest absolute Gasteiger partial charge is 0.405 e. The first-order valence-electron chi connectivity index (χ1n) is 7.24. The normalized spacial score (nSPS) is 27.4. The fourth-order valence-corrected chi connectivity index (χ4v) is 2.19. The molecule has 0 amide bonds. The molecule has 0 atom stereocenters. The molecule has 0 spiro atoms. The fourth-order valence-electron chi connectivity index (χ4n) is 2.19. The Morgan fingerprint density at radius 2 is 1.70 bits per heavy atom. The van der Waals surface area contributed by atoms with E-state index in [-0.39, 0.29) is 11.2 Å². The minimum absolute atomic E-state index is 0.307. The maximum absolute atomic E-state index is 5.97. The first-order chi connectivity index (χ1) is 9.36. The minimum atomic E-state index is -0.450. The Kier molecular flexibility index (Phi) is 4.57. The molecule has 2 fully saturated rings. The van der Waals surface area contributed by atoms with Gasteiger partial charge in [0.2, 0.25) is 0 Å². The third-order valence-corrected chi connectivity index (χ3v) is 4.34. The maximum Gasteiger partial charge on any atom is 0.497 e. The Balaban J connectivity index is 2.01. The predicted octanol–water partition coefficient (Wildman–Crippen LogP) is 1.71. The van der Waals surface area contributed by atoms with Crippen molar-refractivity contribution in [1.82, 2.24) is 0 Å². The summed E-state index contributed by atoms with van der Waals surface area (Å²) >= 11 is 0. The van der Waals surface area contributed by atoms with E-state index >= 15 is 0 Å². The van der Waals surface area contributed by atoms with E-state index in [1.54, 1.807) is 6.21 Å². The van der Waals surface area contributed by atoms with E-state index in [1.165, 1.54) is 6.20 Å². The van der Waals surface area contributed by atoms with Crippen LogP contribution in [-0.4, -0.2) is 43.8 Å². The van der Waals surface area contributed by atoms with E-state index in [0.717, 1.165) is 31.5 Å². The summed E-state index contributed by atoms with van der Waals surface area (Å²) in [5, 5.41) is 0. The summed E-state index contributed by atoms with van der Waals surface area (Å²) in [6.07, 6.45) is 5.22. The number of allylic oxidation sites excluding steroid dienone is 1. The Labute approximate surface area is 121 Å². The average molecular weight is 280 g/mol. The molecule has 0 unspecified atom stereocenters. The van der Waals surface area contributed by atoms with Crippen molar-refractivity contribution in [2.75, 3.05) is 13.2 Å². The first kappa shape index (κ1) is 15.5. The van der Waals surface area contributed by atoms with Gasteiger partial charge in [-0.2, -0.15) is 0 Å². The molecule has 2 rings (SSSR count). The van der Waals surface area contributed by atoms with Crippen LogP contribution in [0.4, 0.5) is 0 Å². The predicted molar refractivity (Wildman–Crippen MR) is 80.7 cm³/mol. The zero-order chi connectivity index (χ0) is 14.8. The highest BCUT2D eigenvalue weighted by molar-refractivity contribution is 6.60. The molecule has 0 aliphatic carbocycles. The zero-order valence-corrected chi connectivity index (χ0v) is 12.9. The lowest BCUT2D eigenvalue weighted by molar-refractivity contribution is 0.00578. The van der Waals surface area contributed by atoms with Gasteiger partial charge in [0.25, 0.3) is 0 Å². The maximum atomic E-state index is 5.97. The Morgan fingerprint density at radius 1 is 1.15 bits per heavy atom. The number of aliphatic imine (C=N–C) groups is 1. The molecule has 6 heteroatoms. The minimum Gasteiger partial charge on any atom is -0.405 e. The van der Waals surface area contributed by atoms with E-state index in [2.05, 4.69) is 4.99 Å². The summed E-state index contributed by atoms with van der Waals surface area (Å²) in [5.41, 5.74) is 5.76. The van der Waals surface area contributed by atoms with Crippen molar-refractivity contribution in [1.29, 1.82) is 0 Å². The Morgan fingerprint density at radius 3 is 2.20 bits per heavy atom. The van der Waals surface area contributed by atoms with Crippen molar-refractivity contribution in [3.63, 3.8) is 0 Å². The van der Waals surface area contributed by atoms with E-state index in [4.69, 9.17) is 19.8 Å². The molecule has 0 aromatic carbocycles. The largest absolute Gasteiger partial charge is 0.497 e. The van der Waals surface area contributed by atoms with Crippen LogP contribution in [0.5, 0.6) is 0 Å². The second-order valence-corrected chi connectivity index (χ2v) is 6.38. The van der Waals surface area contributed by atoms with Gasteiger partial charge in [-0.15, -0.1) is 0 Å². The van der Waals surface area contributed by atoms with Gasteiger partial charge in [0, 0.05) is 24.9 Å². The molecule has 5 nitrogen and oxygen atoms in total. The van der Waals surface area contributed by atoms with Crippen molar-refractivity contribution in [3.05, 3.63) is 11.7 Å². The summed E-state index contributed by atoms with van der Waals surface area (Å²) in [7, 11) is -0.450. The first-order valence-corrected chi connectivity index (χ1v) is 7.24. The molecule has 2 saturated heterocycles. The number of hydrogen-bond donors (Lipinski definition) is 1. The monoisotopic (exact) mass is 280 g/mol. The molecule has 0 aromatic heterocycles. The van der Waals surface area contributed by atoms with Crippen LogP contribution in [0, 0.1) is 0 Å². The molecular weight excluding hydrogens is 255 g/mol. The van der Waals surface area contributed by atoms with Crippen LogP contribution in [0.3, 0.4) is 0 Å². The third-order valence-electron chi connectivity index (χ3n) is 4.34. The summed E-state index contributed by atoms with van der Waals surface area (Å²) in [5.74, 6) is 0. The molecule has 0 bridgehead atoms. The van der Waals surface area contributed by atoms with Gasteiger partial charge in [-0.3, -0.25) is 4.99 Å². The molecule has 0 saturated carbocycles. The van der Waals surface area contributed by atoms with Gasteiger partial charge in [-0.1, -0.05) is 0 Å². The zero-order valence-electron chi connectivity index (χ0n) is 12.9. The van der Waals surface area contributed by atoms with Crippen LogP contribution < -0.4 is 5.73 Å². The highest BCUT2D eigenvalue weighted by Crippen LogP contribution is 2.38. The van der Waals surface area contributed by atoms with Gasteiger partial charge >= 0.3 is 7.12 Å². The van der Waals surface area contributed by atoms with Crippen LogP contribution in [0.15, 0.2) is 16.7 Å². The number of hydrogen-bond acceptors (Lipinski definition) is 5. The molecule has 2 aliphatic rings. The fraction of sp³-hybridized carbons (Fsp3) is 0.786. The van der Waals surface area contributed by atoms with Crippen molar-refractivity contribution in [3.8, 4) is 0 Å². The van der Waals surface area contributed by atoms with Gasteiger partial charge in [-0.25, -0.2) is 0 Å². The van der Waals surface area contributed by atoms with Gasteiger partial charge in [0.05, 0.1) is 17.2 Å². The summed E-state index contributed by atoms with van der Waals surface area (Å²) < 4.78 is 17.3. The van der Waals surface area contributed by atoms with E-state index in [0.29, 0.717) is 6.04 Å². The highest BCUT2D eigenvalue weighted by atomic mass is 16.7. The van der Waals surface area contributed by atoms with Crippen LogP contribution >= 0.6 is 0 Å². The number of ether oxygens (including phenoxy) is 1. The molecule has 0 radical (unpaired) electrons. The van der Waals surface area contributed by atoms with Crippen LogP contribution in [0.25, 0.3) is 0 Å². The van der Waals surface area contributed by atoms with Crippen LogP contribution in [0.2, 0.25) is 0 Å². The second kappa shape index (κ2) is 5.88. The summed E-state index contributed by atoms with van der Waals surface area (Å²) in [6, 6.07) is 0.307. The third kappa shape index (κ3) is 3.24. The van der Waals surface area contributed by atoms with Gasteiger partial charge < -0.3 is 19.8 Å². The standard InChI is InChI=1S/C14H25BN2O3/c1-13(2)14(3,4)20-15(19-13)11(9-16)10-17-12-5-7-18-8-6-12/h9-10,12H,5-8,16H2,1-4H3. The molecule has 112 valence electrons. The number of rotatable bonds is 3. The van der Waals surface area contributed by atoms with Crippen molar-refractivity contribution < 1.29 is 14.0 Å². The SMILES string of the molecule is CC1(C)OB(C(C=NC2CCOCC2)=CN)OC1(C)C. The lowest BCUT2D eigenvalue weighted by Crippen LogP contribution is -2.41. The Bertz CT molecular complexity index is 385. The van der Waals surface area contributed by atoms with Gasteiger partial charge in [0.1, 0.15) is 0 Å². The average Bonchev–Trinajstić information content (AvgIpc) is 2.60. The second-order valence-electron chi connectivity index (χ2n) is 6.38. The highest BCUT2D eigenvalue weighted by Gasteiger charge is 2.52. The molecule has 2 heterocycles. The number of nitrogens with two attached hydrogens (primary N) is 1. The molecular formula is C14H25BN2O3. The van der Waals surface area contributed by atoms with Crippen molar-refractivity contribution >= 4 is 13.3 Å². The van der Waals surface area contributed by atoms with E-state index in [1.807, 2.05) is 27.7 Å². The Hall–Kier alpha value is -0.845. The molecule has 20 heavy (non-hydrogen) atoms. The quantitative estimate of drug-likeness (QED) is 0.631. The van der Waals surface area contributed by atoms with Gasteiger partial charge in [-0.05, 0) is 46.7 Å². The number of nitrogens with zero attached hydrogens (tertiary/aromatic N) is 1. The lowest BCUT2D eigenvalue weighted by Gasteiger charge is -2.32. The van der Waals surface area contributed by atoms with Crippen molar-refractivity contribution in [2.24, 2.45) is 10.7 Å². The molecule has 0 aromatic rings. The van der Waals surface area contributed by atoms with Crippen molar-refractivity contribution in [2.45, 2.75) is 57.8 Å². The van der Waals surface area contributed by atoms with Crippen LogP contribution in [0.1, 0.15) is 40.5 Å². The molecule has 2 N–H and O–H groups in total. The topological polar surface area (TPSA) is 66.1 Å². The summed E-state index contributed by atoms with van der Waals surface area (Å²) in [4.78, 5) is 4.58. The van der Waals surface area contributed by atoms with Gasteiger partial charge in [0.15, 0.2) is 0 Å². The lowest BCUT2D eigenvalue weighted by atomic mass is 9.79. The summed E-state index contributed by atoms with van der Waals surface area (Å²) in [6.45, 7) is 9.65. The van der Waals surface area contributed by atoms with E-state index < -0.39 is 7.12 Å². The van der Waals surface area contributed by atoms with Crippen LogP contribution in [-0.2, 0) is 14.0 Å².